The van der Waals surface area contributed by atoms with Crippen molar-refractivity contribution in [3.05, 3.63) is 35.5 Å². The highest BCUT2D eigenvalue weighted by molar-refractivity contribution is 5.28. The third-order valence-corrected chi connectivity index (χ3v) is 3.50. The van der Waals surface area contributed by atoms with Gasteiger partial charge in [-0.3, -0.25) is 0 Å². The van der Waals surface area contributed by atoms with E-state index in [4.69, 9.17) is 0 Å². The fourth-order valence-electron chi connectivity index (χ4n) is 2.53. The quantitative estimate of drug-likeness (QED) is 0.499. The topological polar surface area (TPSA) is 0 Å². The van der Waals surface area contributed by atoms with E-state index in [2.05, 4.69) is 45.1 Å². The predicted molar refractivity (Wildman–Crippen MR) is 76.8 cm³/mol. The highest BCUT2D eigenvalue weighted by Gasteiger charge is 2.14. The van der Waals surface area contributed by atoms with Gasteiger partial charge in [-0.1, -0.05) is 39.7 Å². The van der Waals surface area contributed by atoms with Crippen molar-refractivity contribution < 1.29 is 0 Å². The molecule has 0 bridgehead atoms. The lowest BCUT2D eigenvalue weighted by Crippen LogP contribution is -2.00. The molecule has 0 saturated carbocycles. The molecule has 0 heterocycles. The van der Waals surface area contributed by atoms with Gasteiger partial charge >= 0.3 is 0 Å². The highest BCUT2D eigenvalue weighted by atomic mass is 14.1. The average molecular weight is 231 g/mol. The van der Waals surface area contributed by atoms with Gasteiger partial charge in [0, 0.05) is 18.9 Å². The number of hydrogen-bond donors (Lipinski definition) is 0. The maximum Gasteiger partial charge on any atom is 0.162 e. The van der Waals surface area contributed by atoms with E-state index in [0.717, 1.165) is 18.8 Å². The van der Waals surface area contributed by atoms with E-state index in [1.807, 2.05) is 0 Å². The number of hydrogen-bond acceptors (Lipinski definition) is 0. The summed E-state index contributed by atoms with van der Waals surface area (Å²) in [4.78, 5) is 0. The number of rotatable bonds is 7. The Kier molecular flexibility index (Phi) is 6.89. The third kappa shape index (κ3) is 5.33. The molecule has 0 aromatic carbocycles. The summed E-state index contributed by atoms with van der Waals surface area (Å²) in [5.74, 6) is 0.867. The van der Waals surface area contributed by atoms with E-state index >= 15 is 0 Å². The molecular weight excluding hydrogens is 204 g/mol. The molecule has 1 aliphatic rings. The fourth-order valence-corrected chi connectivity index (χ4v) is 2.53. The lowest BCUT2D eigenvalue weighted by atomic mass is 9.91. The molecule has 0 atom stereocenters. The van der Waals surface area contributed by atoms with Gasteiger partial charge in [-0.15, -0.1) is 0 Å². The Morgan fingerprint density at radius 2 is 1.88 bits per heavy atom. The molecule has 94 valence electrons. The van der Waals surface area contributed by atoms with Crippen molar-refractivity contribution in [3.63, 3.8) is 0 Å². The van der Waals surface area contributed by atoms with Gasteiger partial charge in [0.2, 0.25) is 0 Å². The van der Waals surface area contributed by atoms with Crippen LogP contribution in [0.4, 0.5) is 0 Å². The summed E-state index contributed by atoms with van der Waals surface area (Å²) in [5.41, 5.74) is 2.90. The molecule has 0 spiro atoms. The molecule has 1 aliphatic carbocycles. The highest BCUT2D eigenvalue weighted by Crippen LogP contribution is 2.24. The summed E-state index contributed by atoms with van der Waals surface area (Å²) in [6, 6.07) is 0. The first kappa shape index (κ1) is 14.2. The van der Waals surface area contributed by atoms with Crippen LogP contribution in [0.25, 0.3) is 0 Å². The van der Waals surface area contributed by atoms with Gasteiger partial charge in [0.1, 0.15) is 0 Å². The molecule has 0 heteroatoms. The molecule has 0 unspecified atom stereocenters. The Morgan fingerprint density at radius 1 is 1.18 bits per heavy atom. The Bertz CT molecular complexity index is 285. The van der Waals surface area contributed by atoms with Crippen LogP contribution in [0.1, 0.15) is 65.7 Å². The summed E-state index contributed by atoms with van der Waals surface area (Å²) in [6.07, 6.45) is 19.1. The molecule has 0 N–H and O–H groups in total. The third-order valence-electron chi connectivity index (χ3n) is 3.50. The smallest absolute Gasteiger partial charge is 0.0654 e. The molecule has 0 aromatic rings. The number of allylic oxidation sites excluding steroid dienone is 6. The monoisotopic (exact) mass is 231 g/mol. The van der Waals surface area contributed by atoms with Crippen molar-refractivity contribution in [2.24, 2.45) is 5.92 Å². The van der Waals surface area contributed by atoms with Crippen LogP contribution >= 0.6 is 0 Å². The lowest BCUT2D eigenvalue weighted by molar-refractivity contribution is 0.439. The van der Waals surface area contributed by atoms with Crippen molar-refractivity contribution in [1.29, 1.82) is 0 Å². The van der Waals surface area contributed by atoms with Crippen LogP contribution in [0.5, 0.6) is 0 Å². The molecule has 0 aliphatic heterocycles. The Labute approximate surface area is 108 Å². The van der Waals surface area contributed by atoms with E-state index in [9.17, 15) is 0 Å². The van der Waals surface area contributed by atoms with E-state index in [1.54, 1.807) is 0 Å². The lowest BCUT2D eigenvalue weighted by Gasteiger charge is -2.11. The Morgan fingerprint density at radius 3 is 2.47 bits per heavy atom. The first-order chi connectivity index (χ1) is 8.30. The van der Waals surface area contributed by atoms with E-state index in [1.165, 1.54) is 43.3 Å². The minimum Gasteiger partial charge on any atom is -0.0654 e. The van der Waals surface area contributed by atoms with E-state index < -0.39 is 0 Å². The molecule has 0 saturated heterocycles. The van der Waals surface area contributed by atoms with Crippen molar-refractivity contribution >= 4 is 0 Å². The molecule has 0 radical (unpaired) electrons. The van der Waals surface area contributed by atoms with Gasteiger partial charge < -0.3 is 0 Å². The van der Waals surface area contributed by atoms with Gasteiger partial charge in [-0.05, 0) is 25.2 Å². The largest absolute Gasteiger partial charge is 0.162 e. The second-order valence-electron chi connectivity index (χ2n) is 5.07. The minimum absolute atomic E-state index is 0.867. The van der Waals surface area contributed by atoms with Gasteiger partial charge in [-0.2, -0.15) is 0 Å². The first-order valence-electron chi connectivity index (χ1n) is 7.26. The van der Waals surface area contributed by atoms with Crippen LogP contribution in [0.3, 0.4) is 0 Å². The molecule has 0 fully saturated rings. The molecule has 1 rings (SSSR count). The first-order valence-corrected chi connectivity index (χ1v) is 7.26. The van der Waals surface area contributed by atoms with Crippen LogP contribution in [-0.4, -0.2) is 0 Å². The molecule has 0 aromatic heterocycles. The van der Waals surface area contributed by atoms with Crippen LogP contribution in [0, 0.1) is 12.0 Å². The van der Waals surface area contributed by atoms with E-state index in [0.29, 0.717) is 0 Å². The van der Waals surface area contributed by atoms with E-state index in [-0.39, 0.29) is 0 Å². The average Bonchev–Trinajstić information content (AvgIpc) is 2.55. The Hall–Kier alpha value is -0.870. The predicted octanol–water partition coefficient (Wildman–Crippen LogP) is 5.62. The molecular formula is C17H27+. The minimum atomic E-state index is 0.867. The summed E-state index contributed by atoms with van der Waals surface area (Å²) in [5, 5.41) is 0. The van der Waals surface area contributed by atoms with Gasteiger partial charge in [0.25, 0.3) is 0 Å². The summed E-state index contributed by atoms with van der Waals surface area (Å²) in [6.45, 7) is 6.80. The fraction of sp³-hybridized carbons (Fsp3) is 0.647. The second kappa shape index (κ2) is 8.25. The maximum atomic E-state index is 3.46. The van der Waals surface area contributed by atoms with Crippen molar-refractivity contribution in [2.75, 3.05) is 0 Å². The van der Waals surface area contributed by atoms with Crippen LogP contribution < -0.4 is 0 Å². The van der Waals surface area contributed by atoms with Crippen LogP contribution in [-0.2, 0) is 0 Å². The summed E-state index contributed by atoms with van der Waals surface area (Å²) < 4.78 is 0. The van der Waals surface area contributed by atoms with Crippen molar-refractivity contribution in [2.45, 2.75) is 65.7 Å². The van der Waals surface area contributed by atoms with Crippen LogP contribution in [0.15, 0.2) is 29.4 Å². The zero-order chi connectivity index (χ0) is 12.5. The molecule has 17 heavy (non-hydrogen) atoms. The standard InChI is InChI=1S/C17H27/c1-4-8-16(9-5-2)14-17-11-7-10-15(6-3)12-13-17/h7,11,13,16H,4-6,8-10,14H2,1-3H3/q+1. The zero-order valence-electron chi connectivity index (χ0n) is 11.8. The van der Waals surface area contributed by atoms with Gasteiger partial charge in [0.15, 0.2) is 6.08 Å². The maximum absolute atomic E-state index is 3.46. The summed E-state index contributed by atoms with van der Waals surface area (Å²) >= 11 is 0. The molecule has 0 amide bonds. The molecule has 0 nitrogen and oxygen atoms in total. The van der Waals surface area contributed by atoms with Crippen LogP contribution in [0.2, 0.25) is 0 Å². The Balaban J connectivity index is 2.59. The zero-order valence-corrected chi connectivity index (χ0v) is 11.8. The van der Waals surface area contributed by atoms with Gasteiger partial charge in [-0.25, -0.2) is 0 Å². The SMILES string of the molecule is CCCC(CCC)CC1=C[C+]=C(CC)CC=C1. The normalized spacial score (nSPS) is 15.3. The van der Waals surface area contributed by atoms with Crippen molar-refractivity contribution in [3.8, 4) is 0 Å². The van der Waals surface area contributed by atoms with Crippen molar-refractivity contribution in [1.82, 2.24) is 0 Å². The summed E-state index contributed by atoms with van der Waals surface area (Å²) in [7, 11) is 0. The van der Waals surface area contributed by atoms with Gasteiger partial charge in [0.05, 0.1) is 17.2 Å². The second-order valence-corrected chi connectivity index (χ2v) is 5.07.